The summed E-state index contributed by atoms with van der Waals surface area (Å²) in [7, 11) is 0. The predicted molar refractivity (Wildman–Crippen MR) is 89.5 cm³/mol. The second kappa shape index (κ2) is 36.8. The van der Waals surface area contributed by atoms with Crippen molar-refractivity contribution in [3.63, 3.8) is 0 Å². The standard InChI is InChI=1S/2C5H8O2.C3H5NO.C2H8N2/c2*6-4-2-1-3-5-7;1-2-3(4)5;3-1-2-4/h2*4-5H,1-3H2;2H,1H2,(H2,4,5);1-4H2. The Kier molecular flexibility index (Phi) is 46.2. The molecule has 0 rings (SSSR count). The fraction of sp³-hybridized carbons (Fsp3) is 0.533. The molecule has 0 aliphatic carbocycles. The molecule has 8 nitrogen and oxygen atoms in total. The topological polar surface area (TPSA) is 163 Å². The van der Waals surface area contributed by atoms with E-state index in [0.29, 0.717) is 51.6 Å². The average Bonchev–Trinajstić information content (AvgIpc) is 2.57. The zero-order chi connectivity index (χ0) is 18.8. The molecule has 0 saturated heterocycles. The molecule has 0 aliphatic heterocycles. The maximum atomic E-state index is 9.56. The van der Waals surface area contributed by atoms with Crippen molar-refractivity contribution in [2.24, 2.45) is 17.2 Å². The molecule has 0 bridgehead atoms. The fourth-order valence-corrected chi connectivity index (χ4v) is 0.569. The smallest absolute Gasteiger partial charge is 0.240 e. The molecule has 134 valence electrons. The molecule has 6 N–H and O–H groups in total. The maximum absolute atomic E-state index is 9.56. The highest BCUT2D eigenvalue weighted by Gasteiger charge is 1.80. The number of hydrogen-bond acceptors (Lipinski definition) is 7. The average molecular weight is 331 g/mol. The Labute approximate surface area is 137 Å². The Morgan fingerprint density at radius 3 is 1.04 bits per heavy atom. The van der Waals surface area contributed by atoms with Gasteiger partial charge in [0.2, 0.25) is 5.91 Å². The Balaban J connectivity index is -0.000000107. The highest BCUT2D eigenvalue weighted by molar-refractivity contribution is 5.84. The Hall–Kier alpha value is -2.19. The van der Waals surface area contributed by atoms with Crippen LogP contribution in [0.3, 0.4) is 0 Å². The largest absolute Gasteiger partial charge is 0.366 e. The second-order valence-corrected chi connectivity index (χ2v) is 3.71. The summed E-state index contributed by atoms with van der Waals surface area (Å²) >= 11 is 0. The number of unbranched alkanes of at least 4 members (excludes halogenated alkanes) is 4. The molecule has 0 radical (unpaired) electrons. The lowest BCUT2D eigenvalue weighted by atomic mass is 10.3. The van der Waals surface area contributed by atoms with Crippen LogP contribution >= 0.6 is 0 Å². The van der Waals surface area contributed by atoms with E-state index in [1.54, 1.807) is 0 Å². The minimum absolute atomic E-state index is 0.481. The molecule has 1 amide bonds. The summed E-state index contributed by atoms with van der Waals surface area (Å²) in [5, 5.41) is 0. The molecule has 0 aromatic rings. The van der Waals surface area contributed by atoms with Crippen molar-refractivity contribution < 1.29 is 24.0 Å². The third-order valence-corrected chi connectivity index (χ3v) is 1.66. The highest BCUT2D eigenvalue weighted by Crippen LogP contribution is 1.86. The van der Waals surface area contributed by atoms with Crippen LogP contribution in [0, 0.1) is 0 Å². The van der Waals surface area contributed by atoms with Crippen molar-refractivity contribution in [1.29, 1.82) is 0 Å². The van der Waals surface area contributed by atoms with Crippen molar-refractivity contribution in [2.75, 3.05) is 13.1 Å². The lowest BCUT2D eigenvalue weighted by molar-refractivity contribution is -0.114. The third-order valence-electron chi connectivity index (χ3n) is 1.66. The summed E-state index contributed by atoms with van der Waals surface area (Å²) < 4.78 is 0. The first-order chi connectivity index (χ1) is 11.0. The predicted octanol–water partition coefficient (Wildman–Crippen LogP) is -0.329. The third kappa shape index (κ3) is 81.0. The molecule has 0 aromatic carbocycles. The lowest BCUT2D eigenvalue weighted by Crippen LogP contribution is -2.11. The van der Waals surface area contributed by atoms with Gasteiger partial charge in [-0.3, -0.25) is 4.79 Å². The van der Waals surface area contributed by atoms with E-state index in [1.807, 2.05) is 0 Å². The van der Waals surface area contributed by atoms with Crippen molar-refractivity contribution in [2.45, 2.75) is 38.5 Å². The minimum atomic E-state index is -0.481. The normalized spacial score (nSPS) is 7.57. The molecule has 0 aliphatic rings. The van der Waals surface area contributed by atoms with Gasteiger partial charge in [0.1, 0.15) is 25.1 Å². The van der Waals surface area contributed by atoms with Gasteiger partial charge in [0.05, 0.1) is 0 Å². The molecule has 0 saturated carbocycles. The van der Waals surface area contributed by atoms with Crippen LogP contribution in [0.25, 0.3) is 0 Å². The number of carbonyl (C=O) groups excluding carboxylic acids is 5. The van der Waals surface area contributed by atoms with Crippen LogP contribution in [0.15, 0.2) is 12.7 Å². The number of aldehydes is 4. The molecule has 0 unspecified atom stereocenters. The first kappa shape index (κ1) is 28.9. The van der Waals surface area contributed by atoms with Crippen molar-refractivity contribution in [1.82, 2.24) is 0 Å². The number of hydrogen-bond donors (Lipinski definition) is 3. The van der Waals surface area contributed by atoms with Gasteiger partial charge in [-0.15, -0.1) is 0 Å². The van der Waals surface area contributed by atoms with Crippen molar-refractivity contribution in [3.8, 4) is 0 Å². The van der Waals surface area contributed by atoms with Crippen LogP contribution in [0.2, 0.25) is 0 Å². The van der Waals surface area contributed by atoms with E-state index < -0.39 is 5.91 Å². The first-order valence-electron chi connectivity index (χ1n) is 7.08. The van der Waals surface area contributed by atoms with Crippen LogP contribution in [0.5, 0.6) is 0 Å². The van der Waals surface area contributed by atoms with Crippen LogP contribution < -0.4 is 17.2 Å². The van der Waals surface area contributed by atoms with Gasteiger partial charge in [0.25, 0.3) is 0 Å². The van der Waals surface area contributed by atoms with Crippen LogP contribution in [-0.2, 0) is 24.0 Å². The van der Waals surface area contributed by atoms with Gasteiger partial charge >= 0.3 is 0 Å². The van der Waals surface area contributed by atoms with Gasteiger partial charge in [-0.25, -0.2) is 0 Å². The molecule has 0 aromatic heterocycles. The summed E-state index contributed by atoms with van der Waals surface area (Å²) in [6.45, 7) is 4.28. The van der Waals surface area contributed by atoms with Gasteiger partial charge in [-0.2, -0.15) is 0 Å². The molecular formula is C15H29N3O5. The number of rotatable bonds is 10. The lowest BCUT2D eigenvalue weighted by Gasteiger charge is -1.78. The number of carbonyl (C=O) groups is 5. The number of nitrogens with two attached hydrogens (primary N) is 3. The molecular weight excluding hydrogens is 302 g/mol. The summed E-state index contributed by atoms with van der Waals surface area (Å²) in [5.41, 5.74) is 14.3. The first-order valence-corrected chi connectivity index (χ1v) is 7.08. The van der Waals surface area contributed by atoms with Crippen LogP contribution in [0.1, 0.15) is 38.5 Å². The van der Waals surface area contributed by atoms with Gasteiger partial charge in [-0.1, -0.05) is 6.58 Å². The quantitative estimate of drug-likeness (QED) is 0.280. The van der Waals surface area contributed by atoms with Gasteiger partial charge in [-0.05, 0) is 18.9 Å². The summed E-state index contributed by atoms with van der Waals surface area (Å²) in [4.78, 5) is 47.7. The van der Waals surface area contributed by atoms with E-state index in [-0.39, 0.29) is 0 Å². The highest BCUT2D eigenvalue weighted by atomic mass is 16.1. The van der Waals surface area contributed by atoms with E-state index in [2.05, 4.69) is 12.3 Å². The Bertz CT molecular complexity index is 261. The zero-order valence-electron chi connectivity index (χ0n) is 13.5. The van der Waals surface area contributed by atoms with E-state index in [0.717, 1.165) is 31.2 Å². The molecule has 0 fully saturated rings. The zero-order valence-corrected chi connectivity index (χ0v) is 13.5. The number of amides is 1. The monoisotopic (exact) mass is 331 g/mol. The molecule has 23 heavy (non-hydrogen) atoms. The SMILES string of the molecule is C=CC(N)=O.NCCN.O=CCCCC=O.O=CCCCC=O. The molecule has 0 atom stereocenters. The molecule has 0 spiro atoms. The van der Waals surface area contributed by atoms with E-state index in [9.17, 15) is 24.0 Å². The minimum Gasteiger partial charge on any atom is -0.366 e. The second-order valence-electron chi connectivity index (χ2n) is 3.71. The van der Waals surface area contributed by atoms with Crippen molar-refractivity contribution in [3.05, 3.63) is 12.7 Å². The maximum Gasteiger partial charge on any atom is 0.240 e. The van der Waals surface area contributed by atoms with E-state index in [4.69, 9.17) is 11.5 Å². The van der Waals surface area contributed by atoms with Gasteiger partial charge in [0.15, 0.2) is 0 Å². The van der Waals surface area contributed by atoms with Crippen molar-refractivity contribution >= 4 is 31.1 Å². The summed E-state index contributed by atoms with van der Waals surface area (Å²) in [5.74, 6) is -0.481. The van der Waals surface area contributed by atoms with Gasteiger partial charge < -0.3 is 36.4 Å². The Morgan fingerprint density at radius 1 is 0.739 bits per heavy atom. The van der Waals surface area contributed by atoms with E-state index in [1.165, 1.54) is 0 Å². The molecule has 8 heteroatoms. The molecule has 0 heterocycles. The Morgan fingerprint density at radius 2 is 0.957 bits per heavy atom. The van der Waals surface area contributed by atoms with Crippen LogP contribution in [0.4, 0.5) is 0 Å². The summed E-state index contributed by atoms with van der Waals surface area (Å²) in [6.07, 6.45) is 7.80. The summed E-state index contributed by atoms with van der Waals surface area (Å²) in [6, 6.07) is 0. The van der Waals surface area contributed by atoms with Gasteiger partial charge in [0, 0.05) is 38.8 Å². The van der Waals surface area contributed by atoms with E-state index >= 15 is 0 Å². The fourth-order valence-electron chi connectivity index (χ4n) is 0.569. The number of primary amides is 1. The van der Waals surface area contributed by atoms with Crippen LogP contribution in [-0.4, -0.2) is 44.1 Å².